The molecule has 1 fully saturated rings. The first-order chi connectivity index (χ1) is 13.8. The maximum absolute atomic E-state index is 13.2. The summed E-state index contributed by atoms with van der Waals surface area (Å²) >= 11 is 0. The number of hydrogen-bond donors (Lipinski definition) is 0. The van der Waals surface area contributed by atoms with E-state index in [1.807, 2.05) is 0 Å². The molecule has 1 saturated heterocycles. The molecular formula is C21H21F3N2O3. The Hall–Kier alpha value is -2.77. The molecule has 29 heavy (non-hydrogen) atoms. The van der Waals surface area contributed by atoms with Gasteiger partial charge in [-0.1, -0.05) is 0 Å². The molecule has 1 atom stereocenters. The monoisotopic (exact) mass is 406 g/mol. The SMILES string of the molecule is O=C(c1ccoc1)N1CCC[C@H](C(=O)N2CCCc3cc(C(F)(F)F)ccc32)C1. The number of halogens is 3. The lowest BCUT2D eigenvalue weighted by molar-refractivity contribution is -0.137. The van der Waals surface area contributed by atoms with Gasteiger partial charge in [-0.2, -0.15) is 13.2 Å². The second kappa shape index (κ2) is 7.57. The van der Waals surface area contributed by atoms with E-state index in [0.717, 1.165) is 12.1 Å². The summed E-state index contributed by atoms with van der Waals surface area (Å²) in [7, 11) is 0. The van der Waals surface area contributed by atoms with Gasteiger partial charge < -0.3 is 14.2 Å². The number of aryl methyl sites for hydroxylation is 1. The Morgan fingerprint density at radius 1 is 1.10 bits per heavy atom. The zero-order valence-electron chi connectivity index (χ0n) is 15.7. The molecule has 3 heterocycles. The largest absolute Gasteiger partial charge is 0.472 e. The summed E-state index contributed by atoms with van der Waals surface area (Å²) in [5.41, 5.74) is 0.843. The highest BCUT2D eigenvalue weighted by atomic mass is 19.4. The van der Waals surface area contributed by atoms with Crippen LogP contribution in [-0.2, 0) is 17.4 Å². The van der Waals surface area contributed by atoms with Crippen LogP contribution in [0.4, 0.5) is 18.9 Å². The Labute approximate surface area is 166 Å². The van der Waals surface area contributed by atoms with Crippen molar-refractivity contribution in [2.24, 2.45) is 5.92 Å². The second-order valence-corrected chi connectivity index (χ2v) is 7.54. The average molecular weight is 406 g/mol. The van der Waals surface area contributed by atoms with Gasteiger partial charge in [0.05, 0.1) is 23.3 Å². The Balaban J connectivity index is 1.52. The molecule has 2 aliphatic rings. The van der Waals surface area contributed by atoms with Crippen LogP contribution < -0.4 is 4.90 Å². The van der Waals surface area contributed by atoms with Crippen LogP contribution in [0.25, 0.3) is 0 Å². The number of amides is 2. The van der Waals surface area contributed by atoms with Crippen molar-refractivity contribution in [3.05, 3.63) is 53.5 Å². The second-order valence-electron chi connectivity index (χ2n) is 7.54. The lowest BCUT2D eigenvalue weighted by atomic mass is 9.93. The van der Waals surface area contributed by atoms with Crippen LogP contribution in [0.5, 0.6) is 0 Å². The number of hydrogen-bond acceptors (Lipinski definition) is 3. The standard InChI is InChI=1S/C21H21F3N2O3/c22-21(23,24)17-5-6-18-14(11-17)3-2-9-26(18)20(28)15-4-1-8-25(12-15)19(27)16-7-10-29-13-16/h5-7,10-11,13,15H,1-4,8-9,12H2/t15-/m0/s1. The zero-order valence-corrected chi connectivity index (χ0v) is 15.7. The van der Waals surface area contributed by atoms with Crippen molar-refractivity contribution in [3.8, 4) is 0 Å². The summed E-state index contributed by atoms with van der Waals surface area (Å²) in [6.45, 7) is 1.35. The van der Waals surface area contributed by atoms with E-state index in [-0.39, 0.29) is 17.7 Å². The van der Waals surface area contributed by atoms with Crippen molar-refractivity contribution in [2.75, 3.05) is 24.5 Å². The van der Waals surface area contributed by atoms with E-state index < -0.39 is 11.7 Å². The number of carbonyl (C=O) groups excluding carboxylic acids is 2. The van der Waals surface area contributed by atoms with Gasteiger partial charge in [-0.15, -0.1) is 0 Å². The number of furan rings is 1. The van der Waals surface area contributed by atoms with E-state index >= 15 is 0 Å². The molecule has 0 radical (unpaired) electrons. The average Bonchev–Trinajstić information content (AvgIpc) is 3.26. The highest BCUT2D eigenvalue weighted by Crippen LogP contribution is 2.36. The highest BCUT2D eigenvalue weighted by Gasteiger charge is 2.36. The minimum atomic E-state index is -4.40. The molecule has 0 aliphatic carbocycles. The summed E-state index contributed by atoms with van der Waals surface area (Å²) in [5.74, 6) is -0.673. The smallest absolute Gasteiger partial charge is 0.416 e. The number of piperidine rings is 1. The summed E-state index contributed by atoms with van der Waals surface area (Å²) in [4.78, 5) is 29.0. The fraction of sp³-hybridized carbons (Fsp3) is 0.429. The molecule has 4 rings (SSSR count). The Morgan fingerprint density at radius 2 is 1.93 bits per heavy atom. The Morgan fingerprint density at radius 3 is 2.66 bits per heavy atom. The number of fused-ring (bicyclic) bond motifs is 1. The number of alkyl halides is 3. The Kier molecular flexibility index (Phi) is 5.10. The molecule has 0 N–H and O–H groups in total. The number of nitrogens with zero attached hydrogens (tertiary/aromatic N) is 2. The molecule has 0 bridgehead atoms. The van der Waals surface area contributed by atoms with Crippen molar-refractivity contribution in [3.63, 3.8) is 0 Å². The van der Waals surface area contributed by atoms with Crippen molar-refractivity contribution < 1.29 is 27.2 Å². The molecule has 5 nitrogen and oxygen atoms in total. The number of rotatable bonds is 2. The van der Waals surface area contributed by atoms with Crippen LogP contribution in [-0.4, -0.2) is 36.3 Å². The van der Waals surface area contributed by atoms with Gasteiger partial charge in [-0.3, -0.25) is 9.59 Å². The number of anilines is 1. The molecule has 2 aliphatic heterocycles. The molecule has 8 heteroatoms. The van der Waals surface area contributed by atoms with Crippen molar-refractivity contribution in [1.29, 1.82) is 0 Å². The molecule has 2 aromatic rings. The maximum Gasteiger partial charge on any atom is 0.416 e. The lowest BCUT2D eigenvalue weighted by Crippen LogP contribution is -2.48. The normalized spacial score (nSPS) is 19.8. The highest BCUT2D eigenvalue weighted by molar-refractivity contribution is 5.98. The summed E-state index contributed by atoms with van der Waals surface area (Å²) in [5, 5.41) is 0. The quantitative estimate of drug-likeness (QED) is 0.754. The van der Waals surface area contributed by atoms with E-state index in [4.69, 9.17) is 4.42 Å². The van der Waals surface area contributed by atoms with Crippen LogP contribution in [0.15, 0.2) is 41.2 Å². The number of benzene rings is 1. The molecule has 1 aromatic carbocycles. The van der Waals surface area contributed by atoms with Gasteiger partial charge >= 0.3 is 6.18 Å². The third kappa shape index (κ3) is 3.88. The van der Waals surface area contributed by atoms with Crippen LogP contribution in [0, 0.1) is 5.92 Å². The van der Waals surface area contributed by atoms with Crippen LogP contribution in [0.3, 0.4) is 0 Å². The third-order valence-corrected chi connectivity index (χ3v) is 5.62. The first kappa shape index (κ1) is 19.5. The fourth-order valence-corrected chi connectivity index (χ4v) is 4.15. The van der Waals surface area contributed by atoms with Gasteiger partial charge in [0.15, 0.2) is 0 Å². The first-order valence-electron chi connectivity index (χ1n) is 9.67. The minimum Gasteiger partial charge on any atom is -0.472 e. The first-order valence-corrected chi connectivity index (χ1v) is 9.67. The predicted octanol–water partition coefficient (Wildman–Crippen LogP) is 4.13. The fourth-order valence-electron chi connectivity index (χ4n) is 4.15. The van der Waals surface area contributed by atoms with E-state index in [1.165, 1.54) is 18.6 Å². The van der Waals surface area contributed by atoms with E-state index in [9.17, 15) is 22.8 Å². The molecular weight excluding hydrogens is 385 g/mol. The van der Waals surface area contributed by atoms with Gasteiger partial charge in [0.1, 0.15) is 6.26 Å². The molecule has 0 saturated carbocycles. The van der Waals surface area contributed by atoms with E-state index in [0.29, 0.717) is 62.1 Å². The van der Waals surface area contributed by atoms with Crippen LogP contribution in [0.1, 0.15) is 40.7 Å². The third-order valence-electron chi connectivity index (χ3n) is 5.62. The molecule has 0 spiro atoms. The molecule has 2 amide bonds. The lowest BCUT2D eigenvalue weighted by Gasteiger charge is -2.37. The number of carbonyl (C=O) groups is 2. The number of likely N-dealkylation sites (tertiary alicyclic amines) is 1. The molecule has 154 valence electrons. The summed E-state index contributed by atoms with van der Waals surface area (Å²) in [6.07, 6.45) is 0.891. The molecule has 1 aromatic heterocycles. The topological polar surface area (TPSA) is 53.8 Å². The zero-order chi connectivity index (χ0) is 20.6. The van der Waals surface area contributed by atoms with E-state index in [2.05, 4.69) is 0 Å². The van der Waals surface area contributed by atoms with Gasteiger partial charge in [0, 0.05) is 25.3 Å². The molecule has 0 unspecified atom stereocenters. The van der Waals surface area contributed by atoms with Gasteiger partial charge in [0.2, 0.25) is 5.91 Å². The van der Waals surface area contributed by atoms with Crippen LogP contribution >= 0.6 is 0 Å². The predicted molar refractivity (Wildman–Crippen MR) is 99.5 cm³/mol. The van der Waals surface area contributed by atoms with Gasteiger partial charge in [-0.05, 0) is 55.5 Å². The van der Waals surface area contributed by atoms with Crippen LogP contribution in [0.2, 0.25) is 0 Å². The summed E-state index contributed by atoms with van der Waals surface area (Å²) in [6, 6.07) is 5.16. The van der Waals surface area contributed by atoms with Crippen molar-refractivity contribution >= 4 is 17.5 Å². The summed E-state index contributed by atoms with van der Waals surface area (Å²) < 4.78 is 44.0. The van der Waals surface area contributed by atoms with E-state index in [1.54, 1.807) is 15.9 Å². The minimum absolute atomic E-state index is 0.129. The van der Waals surface area contributed by atoms with Gasteiger partial charge in [-0.25, -0.2) is 0 Å². The van der Waals surface area contributed by atoms with Crippen molar-refractivity contribution in [2.45, 2.75) is 31.9 Å². The van der Waals surface area contributed by atoms with Crippen molar-refractivity contribution in [1.82, 2.24) is 4.90 Å². The Bertz CT molecular complexity index is 908. The maximum atomic E-state index is 13.2. The van der Waals surface area contributed by atoms with Gasteiger partial charge in [0.25, 0.3) is 5.91 Å².